The number of rotatable bonds is 7. The van der Waals surface area contributed by atoms with E-state index in [9.17, 15) is 4.79 Å². The van der Waals surface area contributed by atoms with Gasteiger partial charge in [0.1, 0.15) is 0 Å². The largest absolute Gasteiger partial charge is 0.481 e. The molecule has 0 bridgehead atoms. The van der Waals surface area contributed by atoms with Crippen LogP contribution in [-0.4, -0.2) is 35.3 Å². The molecule has 1 N–H and O–H groups in total. The first-order chi connectivity index (χ1) is 13.1. The molecule has 0 spiro atoms. The third kappa shape index (κ3) is 4.33. The van der Waals surface area contributed by atoms with Crippen LogP contribution in [0.5, 0.6) is 17.8 Å². The average Bonchev–Trinajstić information content (AvgIpc) is 2.72. The molecule has 2 aromatic carbocycles. The molecule has 0 fully saturated rings. The van der Waals surface area contributed by atoms with Crippen LogP contribution in [0.2, 0.25) is 0 Å². The van der Waals surface area contributed by atoms with Gasteiger partial charge in [-0.05, 0) is 23.3 Å². The minimum absolute atomic E-state index is 0.0855. The molecule has 7 nitrogen and oxygen atoms in total. The first kappa shape index (κ1) is 18.2. The van der Waals surface area contributed by atoms with Gasteiger partial charge < -0.3 is 19.3 Å². The van der Waals surface area contributed by atoms with Gasteiger partial charge in [-0.15, -0.1) is 0 Å². The second-order valence-electron chi connectivity index (χ2n) is 5.57. The van der Waals surface area contributed by atoms with Gasteiger partial charge in [-0.3, -0.25) is 0 Å². The number of aromatic nitrogens is 2. The molecule has 1 atom stereocenters. The number of hydrogen-bond acceptors (Lipinski definition) is 6. The lowest BCUT2D eigenvalue weighted by atomic mass is 10.0. The molecule has 0 aliphatic heterocycles. The number of hydrogen-bond donors (Lipinski definition) is 1. The van der Waals surface area contributed by atoms with E-state index < -0.39 is 12.1 Å². The van der Waals surface area contributed by atoms with E-state index in [0.29, 0.717) is 11.8 Å². The predicted octanol–water partition coefficient (Wildman–Crippen LogP) is 3.36. The number of benzene rings is 2. The van der Waals surface area contributed by atoms with Crippen molar-refractivity contribution in [3.8, 4) is 17.8 Å². The van der Waals surface area contributed by atoms with Crippen LogP contribution in [0.25, 0.3) is 0 Å². The zero-order chi connectivity index (χ0) is 19.2. The van der Waals surface area contributed by atoms with Gasteiger partial charge in [0.2, 0.25) is 11.8 Å². The number of carboxylic acid groups (broad SMARTS) is 1. The zero-order valence-corrected chi connectivity index (χ0v) is 14.8. The monoisotopic (exact) mass is 366 g/mol. The summed E-state index contributed by atoms with van der Waals surface area (Å²) in [7, 11) is 2.98. The quantitative estimate of drug-likeness (QED) is 0.685. The zero-order valence-electron chi connectivity index (χ0n) is 14.8. The van der Waals surface area contributed by atoms with Crippen molar-refractivity contribution >= 4 is 5.97 Å². The number of methoxy groups -OCH3 is 2. The molecule has 0 aliphatic rings. The molecule has 3 aromatic rings. The van der Waals surface area contributed by atoms with Crippen LogP contribution in [0.1, 0.15) is 27.6 Å². The van der Waals surface area contributed by atoms with Gasteiger partial charge in [-0.2, -0.15) is 9.97 Å². The highest BCUT2D eigenvalue weighted by molar-refractivity contribution is 5.87. The Labute approximate surface area is 156 Å². The number of nitrogens with zero attached hydrogens (tertiary/aromatic N) is 2. The number of carbonyl (C=O) groups is 1. The predicted molar refractivity (Wildman–Crippen MR) is 97.5 cm³/mol. The summed E-state index contributed by atoms with van der Waals surface area (Å²) in [5.41, 5.74) is 1.83. The van der Waals surface area contributed by atoms with Gasteiger partial charge in [0.25, 0.3) is 0 Å². The van der Waals surface area contributed by atoms with Crippen molar-refractivity contribution < 1.29 is 24.1 Å². The minimum atomic E-state index is -0.986. The van der Waals surface area contributed by atoms with Crippen molar-refractivity contribution in [2.75, 3.05) is 14.2 Å². The first-order valence-electron chi connectivity index (χ1n) is 8.12. The van der Waals surface area contributed by atoms with Crippen LogP contribution in [0.4, 0.5) is 0 Å². The summed E-state index contributed by atoms with van der Waals surface area (Å²) < 4.78 is 16.4. The number of carboxylic acids is 1. The molecule has 27 heavy (non-hydrogen) atoms. The second kappa shape index (κ2) is 8.18. The maximum atomic E-state index is 11.1. The Hall–Kier alpha value is -3.61. The fourth-order valence-electron chi connectivity index (χ4n) is 2.51. The normalized spacial score (nSPS) is 11.5. The molecule has 0 amide bonds. The van der Waals surface area contributed by atoms with E-state index in [1.54, 1.807) is 18.2 Å². The average molecular weight is 366 g/mol. The molecular formula is C20H18N2O5. The summed E-state index contributed by atoms with van der Waals surface area (Å²) in [6.45, 7) is 0. The summed E-state index contributed by atoms with van der Waals surface area (Å²) >= 11 is 0. The molecule has 7 heteroatoms. The molecular weight excluding hydrogens is 348 g/mol. The molecule has 1 aromatic heterocycles. The van der Waals surface area contributed by atoms with Crippen molar-refractivity contribution in [3.05, 3.63) is 77.4 Å². The smallest absolute Gasteiger partial charge is 0.335 e. The van der Waals surface area contributed by atoms with Crippen molar-refractivity contribution in [1.82, 2.24) is 9.97 Å². The van der Waals surface area contributed by atoms with Gasteiger partial charge in [-0.25, -0.2) is 4.79 Å². The molecule has 3 rings (SSSR count). The molecule has 1 unspecified atom stereocenters. The summed E-state index contributed by atoms with van der Waals surface area (Å²) in [6, 6.07) is 17.6. The van der Waals surface area contributed by atoms with E-state index in [4.69, 9.17) is 19.3 Å². The van der Waals surface area contributed by atoms with Crippen LogP contribution in [0.3, 0.4) is 0 Å². The van der Waals surface area contributed by atoms with E-state index >= 15 is 0 Å². The maximum absolute atomic E-state index is 11.1. The Bertz CT molecular complexity index is 891. The van der Waals surface area contributed by atoms with Crippen LogP contribution >= 0.6 is 0 Å². The Morgan fingerprint density at radius 3 is 1.96 bits per heavy atom. The Morgan fingerprint density at radius 2 is 1.44 bits per heavy atom. The van der Waals surface area contributed by atoms with Gasteiger partial charge in [0.05, 0.1) is 25.8 Å². The van der Waals surface area contributed by atoms with E-state index in [-0.39, 0.29) is 11.6 Å². The molecule has 0 radical (unpaired) electrons. The van der Waals surface area contributed by atoms with Crippen LogP contribution in [0.15, 0.2) is 60.7 Å². The lowest BCUT2D eigenvalue weighted by Crippen LogP contribution is -2.12. The van der Waals surface area contributed by atoms with E-state index in [1.807, 2.05) is 30.3 Å². The van der Waals surface area contributed by atoms with E-state index in [1.165, 1.54) is 26.4 Å². The lowest BCUT2D eigenvalue weighted by molar-refractivity contribution is 0.0696. The third-order valence-electron chi connectivity index (χ3n) is 3.86. The molecule has 0 saturated heterocycles. The van der Waals surface area contributed by atoms with Gasteiger partial charge in [0.15, 0.2) is 6.10 Å². The molecule has 0 saturated carbocycles. The van der Waals surface area contributed by atoms with Crippen molar-refractivity contribution in [2.24, 2.45) is 0 Å². The van der Waals surface area contributed by atoms with Crippen LogP contribution < -0.4 is 14.2 Å². The van der Waals surface area contributed by atoms with Gasteiger partial charge in [0, 0.05) is 0 Å². The van der Waals surface area contributed by atoms with Crippen molar-refractivity contribution in [1.29, 1.82) is 0 Å². The van der Waals surface area contributed by atoms with Gasteiger partial charge in [-0.1, -0.05) is 42.5 Å². The highest BCUT2D eigenvalue weighted by Crippen LogP contribution is 2.29. The fraction of sp³-hybridized carbons (Fsp3) is 0.150. The second-order valence-corrected chi connectivity index (χ2v) is 5.57. The van der Waals surface area contributed by atoms with Crippen molar-refractivity contribution in [2.45, 2.75) is 6.10 Å². The van der Waals surface area contributed by atoms with Crippen LogP contribution in [-0.2, 0) is 0 Å². The first-order valence-corrected chi connectivity index (χ1v) is 8.12. The molecule has 0 aliphatic carbocycles. The topological polar surface area (TPSA) is 90.8 Å². The maximum Gasteiger partial charge on any atom is 0.335 e. The number of ether oxygens (including phenoxy) is 3. The summed E-state index contributed by atoms with van der Waals surface area (Å²) in [6.07, 6.45) is -0.536. The minimum Gasteiger partial charge on any atom is -0.481 e. The van der Waals surface area contributed by atoms with E-state index in [2.05, 4.69) is 9.97 Å². The standard InChI is InChI=1S/C20H18N2O5/c1-25-16-12-17(26-2)22-20(21-16)27-18(13-6-4-3-5-7-13)14-8-10-15(11-9-14)19(23)24/h3-12,18H,1-2H3,(H,23,24). The number of aromatic carboxylic acids is 1. The Kier molecular flexibility index (Phi) is 5.51. The Balaban J connectivity index is 1.99. The fourth-order valence-corrected chi connectivity index (χ4v) is 2.51. The Morgan fingerprint density at radius 1 is 0.889 bits per heavy atom. The van der Waals surface area contributed by atoms with Crippen molar-refractivity contribution in [3.63, 3.8) is 0 Å². The third-order valence-corrected chi connectivity index (χ3v) is 3.86. The van der Waals surface area contributed by atoms with Gasteiger partial charge >= 0.3 is 12.0 Å². The highest BCUT2D eigenvalue weighted by Gasteiger charge is 2.19. The van der Waals surface area contributed by atoms with E-state index in [0.717, 1.165) is 11.1 Å². The molecule has 138 valence electrons. The highest BCUT2D eigenvalue weighted by atomic mass is 16.5. The summed E-state index contributed by atoms with van der Waals surface area (Å²) in [5, 5.41) is 9.10. The molecule has 1 heterocycles. The summed E-state index contributed by atoms with van der Waals surface area (Å²) in [4.78, 5) is 19.5. The SMILES string of the molecule is COc1cc(OC)nc(OC(c2ccccc2)c2ccc(C(=O)O)cc2)n1. The summed E-state index contributed by atoms with van der Waals surface area (Å²) in [5.74, 6) is -0.366. The lowest BCUT2D eigenvalue weighted by Gasteiger charge is -2.19. The van der Waals surface area contributed by atoms with Crippen LogP contribution in [0, 0.1) is 0 Å².